The average Bonchev–Trinajstić information content (AvgIpc) is 2.40. The molecule has 5 nitrogen and oxygen atoms in total. The molecule has 0 fully saturated rings. The highest BCUT2D eigenvalue weighted by molar-refractivity contribution is 5.66. The summed E-state index contributed by atoms with van der Waals surface area (Å²) in [6.45, 7) is 1.21. The van der Waals surface area contributed by atoms with Gasteiger partial charge in [0.05, 0.1) is 0 Å². The predicted octanol–water partition coefficient (Wildman–Crippen LogP) is 1.26. The topological polar surface area (TPSA) is 68.5 Å². The molecule has 6 heteroatoms. The molecule has 1 aromatic heterocycles. The average molecular weight is 277 g/mol. The number of halogens is 1. The summed E-state index contributed by atoms with van der Waals surface area (Å²) in [5.41, 5.74) is 0.207. The quantitative estimate of drug-likeness (QED) is 0.917. The van der Waals surface area contributed by atoms with Crippen molar-refractivity contribution in [2.24, 2.45) is 0 Å². The molecule has 0 amide bonds. The number of aromatic nitrogens is 1. The molecule has 1 N–H and O–H groups in total. The Labute approximate surface area is 113 Å². The van der Waals surface area contributed by atoms with Gasteiger partial charge in [0.1, 0.15) is 11.5 Å². The van der Waals surface area contributed by atoms with E-state index in [9.17, 15) is 19.1 Å². The number of benzene rings is 1. The van der Waals surface area contributed by atoms with E-state index in [1.165, 1.54) is 37.4 Å². The van der Waals surface area contributed by atoms with Gasteiger partial charge in [0.25, 0.3) is 0 Å². The molecule has 20 heavy (non-hydrogen) atoms. The summed E-state index contributed by atoms with van der Waals surface area (Å²) in [5.74, 6) is -1.48. The summed E-state index contributed by atoms with van der Waals surface area (Å²) in [6, 6.07) is 6.66. The third-order valence-electron chi connectivity index (χ3n) is 2.65. The highest BCUT2D eigenvalue weighted by atomic mass is 19.1. The summed E-state index contributed by atoms with van der Waals surface area (Å²) >= 11 is 0. The molecule has 0 unspecified atom stereocenters. The smallest absolute Gasteiger partial charge is 0.329 e. The fraction of sp³-hybridized carbons (Fsp3) is 0.143. The van der Waals surface area contributed by atoms with Crippen molar-refractivity contribution in [1.29, 1.82) is 0 Å². The lowest BCUT2D eigenvalue weighted by Crippen LogP contribution is -2.22. The molecule has 0 radical (unpaired) electrons. The highest BCUT2D eigenvalue weighted by Crippen LogP contribution is 2.16. The monoisotopic (exact) mass is 277 g/mol. The minimum atomic E-state index is -0.589. The van der Waals surface area contributed by atoms with Gasteiger partial charge in [-0.25, -0.2) is 9.18 Å². The van der Waals surface area contributed by atoms with Crippen molar-refractivity contribution in [1.82, 2.24) is 4.73 Å². The van der Waals surface area contributed by atoms with E-state index < -0.39 is 17.1 Å². The van der Waals surface area contributed by atoms with Crippen LogP contribution >= 0.6 is 0 Å². The Kier molecular flexibility index (Phi) is 3.84. The molecule has 0 atom stereocenters. The van der Waals surface area contributed by atoms with Gasteiger partial charge in [-0.3, -0.25) is 4.79 Å². The van der Waals surface area contributed by atoms with Gasteiger partial charge in [-0.1, -0.05) is 12.1 Å². The van der Waals surface area contributed by atoms with Gasteiger partial charge >= 0.3 is 5.97 Å². The van der Waals surface area contributed by atoms with Crippen molar-refractivity contribution >= 4 is 5.97 Å². The summed E-state index contributed by atoms with van der Waals surface area (Å²) in [4.78, 5) is 27.3. The normalized spacial score (nSPS) is 10.3. The third-order valence-corrected chi connectivity index (χ3v) is 2.65. The van der Waals surface area contributed by atoms with E-state index in [1.807, 2.05) is 0 Å². The van der Waals surface area contributed by atoms with Gasteiger partial charge in [0.2, 0.25) is 5.43 Å². The number of pyridine rings is 1. The SMILES string of the molecule is CC(=O)On1ccc(=O)c(O)c1Cc1ccc(F)cc1. The summed E-state index contributed by atoms with van der Waals surface area (Å²) in [6.07, 6.45) is 1.37. The first-order valence-electron chi connectivity index (χ1n) is 5.84. The fourth-order valence-corrected chi connectivity index (χ4v) is 1.73. The number of carbonyl (C=O) groups is 1. The minimum absolute atomic E-state index is 0.121. The predicted molar refractivity (Wildman–Crippen MR) is 68.8 cm³/mol. The molecule has 104 valence electrons. The second kappa shape index (κ2) is 5.56. The number of rotatable bonds is 3. The van der Waals surface area contributed by atoms with Crippen LogP contribution in [0.2, 0.25) is 0 Å². The molecular formula is C14H12FNO4. The number of carbonyl (C=O) groups excluding carboxylic acids is 1. The molecule has 1 heterocycles. The maximum absolute atomic E-state index is 12.8. The highest BCUT2D eigenvalue weighted by Gasteiger charge is 2.13. The van der Waals surface area contributed by atoms with Gasteiger partial charge in [-0.05, 0) is 17.7 Å². The van der Waals surface area contributed by atoms with Crippen molar-refractivity contribution in [3.63, 3.8) is 0 Å². The van der Waals surface area contributed by atoms with Crippen LogP contribution in [-0.2, 0) is 11.2 Å². The van der Waals surface area contributed by atoms with Crippen LogP contribution in [-0.4, -0.2) is 15.8 Å². The lowest BCUT2D eigenvalue weighted by atomic mass is 10.1. The minimum Gasteiger partial charge on any atom is -0.503 e. The van der Waals surface area contributed by atoms with Crippen LogP contribution in [0.4, 0.5) is 4.39 Å². The lowest BCUT2D eigenvalue weighted by Gasteiger charge is -2.13. The van der Waals surface area contributed by atoms with E-state index >= 15 is 0 Å². The zero-order valence-electron chi connectivity index (χ0n) is 10.7. The summed E-state index contributed by atoms with van der Waals surface area (Å²) in [7, 11) is 0. The molecule has 0 aliphatic rings. The second-order valence-electron chi connectivity index (χ2n) is 4.19. The molecule has 0 aliphatic carbocycles. The Bertz CT molecular complexity index is 691. The summed E-state index contributed by atoms with van der Waals surface area (Å²) < 4.78 is 13.9. The van der Waals surface area contributed by atoms with Crippen LogP contribution in [0.3, 0.4) is 0 Å². The molecule has 1 aromatic carbocycles. The number of hydrogen-bond donors (Lipinski definition) is 1. The molecule has 0 saturated carbocycles. The first-order chi connectivity index (χ1) is 9.47. The zero-order valence-corrected chi connectivity index (χ0v) is 10.7. The van der Waals surface area contributed by atoms with Gasteiger partial charge < -0.3 is 9.94 Å². The summed E-state index contributed by atoms with van der Waals surface area (Å²) in [5, 5.41) is 9.81. The molecule has 0 aliphatic heterocycles. The molecule has 0 bridgehead atoms. The van der Waals surface area contributed by atoms with E-state index in [1.54, 1.807) is 0 Å². The lowest BCUT2D eigenvalue weighted by molar-refractivity contribution is -0.141. The molecule has 0 saturated heterocycles. The van der Waals surface area contributed by atoms with Gasteiger partial charge in [0.15, 0.2) is 5.75 Å². The number of aromatic hydroxyl groups is 1. The Morgan fingerprint density at radius 3 is 2.55 bits per heavy atom. The molecular weight excluding hydrogens is 265 g/mol. The molecule has 2 rings (SSSR count). The molecule has 0 spiro atoms. The van der Waals surface area contributed by atoms with Crippen LogP contribution in [0.1, 0.15) is 18.2 Å². The van der Waals surface area contributed by atoms with Gasteiger partial charge in [0, 0.05) is 25.6 Å². The van der Waals surface area contributed by atoms with Crippen molar-refractivity contribution < 1.29 is 19.1 Å². The third kappa shape index (κ3) is 3.03. The van der Waals surface area contributed by atoms with Crippen LogP contribution in [0.15, 0.2) is 41.3 Å². The Morgan fingerprint density at radius 1 is 1.30 bits per heavy atom. The van der Waals surface area contributed by atoms with Crippen LogP contribution in [0.25, 0.3) is 0 Å². The van der Waals surface area contributed by atoms with Gasteiger partial charge in [-0.2, -0.15) is 4.73 Å². The van der Waals surface area contributed by atoms with Crippen LogP contribution in [0.5, 0.6) is 5.75 Å². The van der Waals surface area contributed by atoms with E-state index in [0.717, 1.165) is 10.8 Å². The Morgan fingerprint density at radius 2 is 1.95 bits per heavy atom. The zero-order chi connectivity index (χ0) is 14.7. The maximum atomic E-state index is 12.8. The van der Waals surface area contributed by atoms with E-state index in [4.69, 9.17) is 4.84 Å². The second-order valence-corrected chi connectivity index (χ2v) is 4.19. The van der Waals surface area contributed by atoms with Gasteiger partial charge in [-0.15, -0.1) is 0 Å². The van der Waals surface area contributed by atoms with Crippen molar-refractivity contribution in [3.8, 4) is 5.75 Å². The first-order valence-corrected chi connectivity index (χ1v) is 5.84. The van der Waals surface area contributed by atoms with E-state index in [0.29, 0.717) is 5.56 Å². The van der Waals surface area contributed by atoms with Crippen molar-refractivity contribution in [2.75, 3.05) is 0 Å². The van der Waals surface area contributed by atoms with E-state index in [-0.39, 0.29) is 17.9 Å². The number of hydrogen-bond acceptors (Lipinski definition) is 4. The maximum Gasteiger partial charge on any atom is 0.329 e. The van der Waals surface area contributed by atoms with Crippen molar-refractivity contribution in [2.45, 2.75) is 13.3 Å². The number of nitrogens with zero attached hydrogens (tertiary/aromatic N) is 1. The Hall–Kier alpha value is -2.63. The van der Waals surface area contributed by atoms with E-state index in [2.05, 4.69) is 0 Å². The molecule has 2 aromatic rings. The van der Waals surface area contributed by atoms with Crippen molar-refractivity contribution in [3.05, 3.63) is 63.8 Å². The standard InChI is InChI=1S/C14H12FNO4/c1-9(17)20-16-7-6-13(18)14(19)12(16)8-10-2-4-11(15)5-3-10/h2-7,19H,8H2,1H3. The van der Waals surface area contributed by atoms with Crippen LogP contribution < -0.4 is 10.3 Å². The fourth-order valence-electron chi connectivity index (χ4n) is 1.73. The Balaban J connectivity index is 2.42. The first kappa shape index (κ1) is 13.8. The van der Waals surface area contributed by atoms with Crippen LogP contribution in [0, 0.1) is 5.82 Å². The largest absolute Gasteiger partial charge is 0.503 e.